The number of amides is 1. The van der Waals surface area contributed by atoms with Crippen LogP contribution in [0.25, 0.3) is 0 Å². The molecule has 10 heteroatoms. The molecule has 0 heterocycles. The molecule has 0 aliphatic heterocycles. The highest BCUT2D eigenvalue weighted by atomic mass is 16.6. The predicted molar refractivity (Wildman–Crippen MR) is 105 cm³/mol. The molecule has 0 aromatic heterocycles. The molecule has 0 aliphatic carbocycles. The van der Waals surface area contributed by atoms with Gasteiger partial charge in [0.15, 0.2) is 29.6 Å². The van der Waals surface area contributed by atoms with Crippen LogP contribution in [0.3, 0.4) is 0 Å². The van der Waals surface area contributed by atoms with Crippen LogP contribution in [0.2, 0.25) is 0 Å². The van der Waals surface area contributed by atoms with Gasteiger partial charge < -0.3 is 19.3 Å². The number of para-hydroxylation sites is 2. The second kappa shape index (κ2) is 10.5. The van der Waals surface area contributed by atoms with E-state index in [1.54, 1.807) is 31.2 Å². The maximum atomic E-state index is 11.9. The van der Waals surface area contributed by atoms with Gasteiger partial charge in [0.25, 0.3) is 11.6 Å². The van der Waals surface area contributed by atoms with E-state index >= 15 is 0 Å². The summed E-state index contributed by atoms with van der Waals surface area (Å²) in [6, 6.07) is 9.13. The zero-order valence-corrected chi connectivity index (χ0v) is 16.0. The first-order chi connectivity index (χ1) is 14.0. The van der Waals surface area contributed by atoms with Crippen LogP contribution in [0.15, 0.2) is 41.5 Å². The van der Waals surface area contributed by atoms with Gasteiger partial charge in [0.2, 0.25) is 0 Å². The van der Waals surface area contributed by atoms with Crippen molar-refractivity contribution in [1.82, 2.24) is 5.43 Å². The SMILES string of the molecule is CCOc1ccccc1OCC(=O)N/N=C/c1cc([N+](=O)[O-])cc(OCC)c1O. The van der Waals surface area contributed by atoms with Gasteiger partial charge in [-0.15, -0.1) is 0 Å². The molecule has 29 heavy (non-hydrogen) atoms. The molecular formula is C19H21N3O7. The maximum absolute atomic E-state index is 11.9. The van der Waals surface area contributed by atoms with Crippen LogP contribution in [0.4, 0.5) is 5.69 Å². The molecule has 0 saturated heterocycles. The molecule has 0 spiro atoms. The molecule has 0 aliphatic rings. The minimum Gasteiger partial charge on any atom is -0.504 e. The third-order valence-electron chi connectivity index (χ3n) is 3.50. The summed E-state index contributed by atoms with van der Waals surface area (Å²) in [4.78, 5) is 22.3. The quantitative estimate of drug-likeness (QED) is 0.354. The summed E-state index contributed by atoms with van der Waals surface area (Å²) in [6.45, 7) is 3.84. The number of hydrogen-bond acceptors (Lipinski definition) is 8. The molecule has 154 valence electrons. The molecule has 0 unspecified atom stereocenters. The Morgan fingerprint density at radius 2 is 1.76 bits per heavy atom. The number of phenols is 1. The van der Waals surface area contributed by atoms with Gasteiger partial charge in [0.1, 0.15) is 0 Å². The highest BCUT2D eigenvalue weighted by molar-refractivity contribution is 5.87. The summed E-state index contributed by atoms with van der Waals surface area (Å²) in [6.07, 6.45) is 1.08. The second-order valence-corrected chi connectivity index (χ2v) is 5.53. The molecule has 2 rings (SSSR count). The zero-order valence-electron chi connectivity index (χ0n) is 16.0. The van der Waals surface area contributed by atoms with Crippen LogP contribution in [-0.4, -0.2) is 42.0 Å². The summed E-state index contributed by atoms with van der Waals surface area (Å²) in [5.74, 6) is -0.0207. The van der Waals surface area contributed by atoms with E-state index in [2.05, 4.69) is 10.5 Å². The minimum absolute atomic E-state index is 0.0190. The van der Waals surface area contributed by atoms with Crippen molar-refractivity contribution in [3.63, 3.8) is 0 Å². The number of benzene rings is 2. The Hall–Kier alpha value is -3.82. The molecule has 10 nitrogen and oxygen atoms in total. The Balaban J connectivity index is 2.02. The van der Waals surface area contributed by atoms with E-state index in [-0.39, 0.29) is 36.0 Å². The van der Waals surface area contributed by atoms with Crippen molar-refractivity contribution in [3.05, 3.63) is 52.1 Å². The minimum atomic E-state index is -0.623. The summed E-state index contributed by atoms with van der Waals surface area (Å²) in [5.41, 5.74) is 1.96. The smallest absolute Gasteiger partial charge is 0.277 e. The lowest BCUT2D eigenvalue weighted by atomic mass is 10.1. The van der Waals surface area contributed by atoms with Gasteiger partial charge >= 0.3 is 0 Å². The molecule has 2 aromatic rings. The Morgan fingerprint density at radius 1 is 1.14 bits per heavy atom. The fraction of sp³-hybridized carbons (Fsp3) is 0.263. The average Bonchev–Trinajstić information content (AvgIpc) is 2.70. The largest absolute Gasteiger partial charge is 0.504 e. The monoisotopic (exact) mass is 403 g/mol. The number of nitro groups is 1. The lowest BCUT2D eigenvalue weighted by Crippen LogP contribution is -2.24. The van der Waals surface area contributed by atoms with Crippen molar-refractivity contribution >= 4 is 17.8 Å². The van der Waals surface area contributed by atoms with Crippen LogP contribution in [-0.2, 0) is 4.79 Å². The molecule has 0 fully saturated rings. The van der Waals surface area contributed by atoms with Crippen LogP contribution in [0.5, 0.6) is 23.0 Å². The lowest BCUT2D eigenvalue weighted by molar-refractivity contribution is -0.385. The Kier molecular flexibility index (Phi) is 7.78. The number of nitro benzene ring substituents is 1. The maximum Gasteiger partial charge on any atom is 0.277 e. The Morgan fingerprint density at radius 3 is 2.38 bits per heavy atom. The van der Waals surface area contributed by atoms with Crippen molar-refractivity contribution in [3.8, 4) is 23.0 Å². The standard InChI is InChI=1S/C19H21N3O7/c1-3-27-15-7-5-6-8-16(15)29-12-18(23)21-20-11-13-9-14(22(25)26)10-17(19(13)24)28-4-2/h5-11,24H,3-4,12H2,1-2H3,(H,21,23)/b20-11+. The van der Waals surface area contributed by atoms with Crippen molar-refractivity contribution in [2.75, 3.05) is 19.8 Å². The number of carbonyl (C=O) groups is 1. The van der Waals surface area contributed by atoms with E-state index in [0.717, 1.165) is 18.3 Å². The van der Waals surface area contributed by atoms with E-state index in [1.807, 2.05) is 6.92 Å². The normalized spacial score (nSPS) is 10.6. The molecule has 1 amide bonds. The molecule has 0 bridgehead atoms. The average molecular weight is 403 g/mol. The van der Waals surface area contributed by atoms with Gasteiger partial charge in [-0.1, -0.05) is 12.1 Å². The number of rotatable bonds is 10. The molecule has 0 atom stereocenters. The van der Waals surface area contributed by atoms with Gasteiger partial charge in [-0.25, -0.2) is 5.43 Å². The van der Waals surface area contributed by atoms with Crippen LogP contribution >= 0.6 is 0 Å². The van der Waals surface area contributed by atoms with Crippen molar-refractivity contribution in [1.29, 1.82) is 0 Å². The van der Waals surface area contributed by atoms with Crippen molar-refractivity contribution in [2.24, 2.45) is 5.10 Å². The summed E-state index contributed by atoms with van der Waals surface area (Å²) in [5, 5.41) is 24.9. The summed E-state index contributed by atoms with van der Waals surface area (Å²) >= 11 is 0. The third-order valence-corrected chi connectivity index (χ3v) is 3.50. The molecule has 2 N–H and O–H groups in total. The van der Waals surface area contributed by atoms with E-state index < -0.39 is 10.8 Å². The fourth-order valence-corrected chi connectivity index (χ4v) is 2.28. The third kappa shape index (κ3) is 6.09. The highest BCUT2D eigenvalue weighted by Crippen LogP contribution is 2.33. The van der Waals surface area contributed by atoms with Gasteiger partial charge in [0.05, 0.1) is 30.4 Å². The predicted octanol–water partition coefficient (Wildman–Crippen LogP) is 2.63. The van der Waals surface area contributed by atoms with E-state index in [0.29, 0.717) is 18.1 Å². The summed E-state index contributed by atoms with van der Waals surface area (Å²) < 4.78 is 16.0. The number of ether oxygens (including phenoxy) is 3. The number of non-ortho nitro benzene ring substituents is 1. The first-order valence-corrected chi connectivity index (χ1v) is 8.77. The van der Waals surface area contributed by atoms with E-state index in [1.165, 1.54) is 0 Å². The van der Waals surface area contributed by atoms with Crippen molar-refractivity contribution < 1.29 is 29.0 Å². The summed E-state index contributed by atoms with van der Waals surface area (Å²) in [7, 11) is 0. The van der Waals surface area contributed by atoms with Gasteiger partial charge in [-0.05, 0) is 26.0 Å². The second-order valence-electron chi connectivity index (χ2n) is 5.53. The number of nitrogens with zero attached hydrogens (tertiary/aromatic N) is 2. The van der Waals surface area contributed by atoms with Crippen LogP contribution in [0.1, 0.15) is 19.4 Å². The van der Waals surface area contributed by atoms with Crippen LogP contribution in [0, 0.1) is 10.1 Å². The number of hydrogen-bond donors (Lipinski definition) is 2. The zero-order chi connectivity index (χ0) is 21.2. The van der Waals surface area contributed by atoms with E-state index in [4.69, 9.17) is 14.2 Å². The Labute approximate surface area is 166 Å². The number of aromatic hydroxyl groups is 1. The fourth-order valence-electron chi connectivity index (χ4n) is 2.28. The van der Waals surface area contributed by atoms with Gasteiger partial charge in [-0.2, -0.15) is 5.10 Å². The number of nitrogens with one attached hydrogen (secondary N) is 1. The molecule has 0 saturated carbocycles. The topological polar surface area (TPSA) is 133 Å². The highest BCUT2D eigenvalue weighted by Gasteiger charge is 2.16. The van der Waals surface area contributed by atoms with Crippen molar-refractivity contribution in [2.45, 2.75) is 13.8 Å². The number of hydrazone groups is 1. The van der Waals surface area contributed by atoms with Crippen LogP contribution < -0.4 is 19.6 Å². The number of carbonyl (C=O) groups excluding carboxylic acids is 1. The number of phenolic OH excluding ortho intramolecular Hbond substituents is 1. The van der Waals surface area contributed by atoms with E-state index in [9.17, 15) is 20.0 Å². The molecule has 0 radical (unpaired) electrons. The first kappa shape index (κ1) is 21.5. The lowest BCUT2D eigenvalue weighted by Gasteiger charge is -2.10. The van der Waals surface area contributed by atoms with Gasteiger partial charge in [-0.3, -0.25) is 14.9 Å². The first-order valence-electron chi connectivity index (χ1n) is 8.77. The van der Waals surface area contributed by atoms with Gasteiger partial charge in [0, 0.05) is 11.6 Å². The molecular weight excluding hydrogens is 382 g/mol. The molecule has 2 aromatic carbocycles. The Bertz CT molecular complexity index is 899.